The lowest BCUT2D eigenvalue weighted by atomic mass is 9.74. The van der Waals surface area contributed by atoms with Gasteiger partial charge < -0.3 is 5.32 Å². The highest BCUT2D eigenvalue weighted by Crippen LogP contribution is 2.37. The van der Waals surface area contributed by atoms with Gasteiger partial charge in [-0.05, 0) is 24.5 Å². The smallest absolute Gasteiger partial charge is 0.246 e. The summed E-state index contributed by atoms with van der Waals surface area (Å²) in [6, 6.07) is 9.93. The number of nitrogens with zero attached hydrogens (tertiary/aromatic N) is 2. The summed E-state index contributed by atoms with van der Waals surface area (Å²) in [7, 11) is 0. The van der Waals surface area contributed by atoms with Crippen molar-refractivity contribution in [3.05, 3.63) is 45.9 Å². The maximum Gasteiger partial charge on any atom is 0.246 e. The first-order valence-electron chi connectivity index (χ1n) is 8.04. The molecule has 1 aromatic carbocycles. The molecule has 2 aromatic rings. The molecule has 0 spiro atoms. The molecular formula is C18H18ClN3OS. The van der Waals surface area contributed by atoms with E-state index in [0.29, 0.717) is 24.4 Å². The van der Waals surface area contributed by atoms with Gasteiger partial charge in [0.2, 0.25) is 5.91 Å². The molecule has 1 aromatic heterocycles. The third kappa shape index (κ3) is 3.61. The number of nitrogens with one attached hydrogen (secondary N) is 1. The summed E-state index contributed by atoms with van der Waals surface area (Å²) < 4.78 is 0. The first-order chi connectivity index (χ1) is 11.6. The van der Waals surface area contributed by atoms with Crippen molar-refractivity contribution in [1.29, 1.82) is 5.26 Å². The molecule has 24 heavy (non-hydrogen) atoms. The minimum atomic E-state index is -0.896. The van der Waals surface area contributed by atoms with Crippen LogP contribution in [0.2, 0.25) is 5.02 Å². The summed E-state index contributed by atoms with van der Waals surface area (Å²) in [5, 5.41) is 13.6. The Morgan fingerprint density at radius 1 is 1.33 bits per heavy atom. The molecule has 1 amide bonds. The zero-order chi connectivity index (χ0) is 17.0. The van der Waals surface area contributed by atoms with Crippen LogP contribution < -0.4 is 5.32 Å². The van der Waals surface area contributed by atoms with Crippen LogP contribution in [0, 0.1) is 16.7 Å². The molecule has 0 saturated heterocycles. The SMILES string of the molecule is N#CC1(C(=O)Nc2ncc(Cc3ccccc3Cl)s2)CCCCC1. The zero-order valence-corrected chi connectivity index (χ0v) is 14.8. The van der Waals surface area contributed by atoms with Gasteiger partial charge in [0, 0.05) is 22.5 Å². The number of hydrogen-bond donors (Lipinski definition) is 1. The van der Waals surface area contributed by atoms with Gasteiger partial charge in [-0.15, -0.1) is 11.3 Å². The first-order valence-corrected chi connectivity index (χ1v) is 9.23. The highest BCUT2D eigenvalue weighted by atomic mass is 35.5. The van der Waals surface area contributed by atoms with Gasteiger partial charge in [0.25, 0.3) is 0 Å². The van der Waals surface area contributed by atoms with Crippen LogP contribution in [0.15, 0.2) is 30.5 Å². The summed E-state index contributed by atoms with van der Waals surface area (Å²) in [6.07, 6.45) is 6.64. The number of carbonyl (C=O) groups excluding carboxylic acids is 1. The van der Waals surface area contributed by atoms with E-state index in [1.807, 2.05) is 24.3 Å². The molecule has 0 unspecified atom stereocenters. The maximum atomic E-state index is 12.6. The average Bonchev–Trinajstić information content (AvgIpc) is 3.04. The van der Waals surface area contributed by atoms with Crippen molar-refractivity contribution in [1.82, 2.24) is 4.98 Å². The lowest BCUT2D eigenvalue weighted by Gasteiger charge is -2.28. The molecule has 0 bridgehead atoms. The summed E-state index contributed by atoms with van der Waals surface area (Å²) in [5.74, 6) is -0.219. The number of carbonyl (C=O) groups is 1. The van der Waals surface area contributed by atoms with E-state index in [9.17, 15) is 10.1 Å². The number of anilines is 1. The molecule has 0 radical (unpaired) electrons. The molecule has 4 nitrogen and oxygen atoms in total. The number of amides is 1. The summed E-state index contributed by atoms with van der Waals surface area (Å²) in [5.41, 5.74) is 0.133. The summed E-state index contributed by atoms with van der Waals surface area (Å²) in [6.45, 7) is 0. The number of aromatic nitrogens is 1. The number of halogens is 1. The normalized spacial score (nSPS) is 16.3. The van der Waals surface area contributed by atoms with E-state index in [1.165, 1.54) is 11.3 Å². The largest absolute Gasteiger partial charge is 0.301 e. The van der Waals surface area contributed by atoms with Crippen molar-refractivity contribution in [2.45, 2.75) is 38.5 Å². The van der Waals surface area contributed by atoms with Crippen LogP contribution in [0.5, 0.6) is 0 Å². The highest BCUT2D eigenvalue weighted by Gasteiger charge is 2.40. The van der Waals surface area contributed by atoms with E-state index in [4.69, 9.17) is 11.6 Å². The minimum absolute atomic E-state index is 0.219. The topological polar surface area (TPSA) is 65.8 Å². The third-order valence-corrected chi connectivity index (χ3v) is 5.73. The van der Waals surface area contributed by atoms with Gasteiger partial charge in [0.15, 0.2) is 5.13 Å². The molecule has 124 valence electrons. The van der Waals surface area contributed by atoms with E-state index >= 15 is 0 Å². The monoisotopic (exact) mass is 359 g/mol. The van der Waals surface area contributed by atoms with Crippen LogP contribution in [0.3, 0.4) is 0 Å². The van der Waals surface area contributed by atoms with E-state index in [1.54, 1.807) is 6.20 Å². The van der Waals surface area contributed by atoms with Gasteiger partial charge in [-0.1, -0.05) is 49.1 Å². The van der Waals surface area contributed by atoms with Gasteiger partial charge in [-0.25, -0.2) is 4.98 Å². The Balaban J connectivity index is 1.69. The van der Waals surface area contributed by atoms with Crippen LogP contribution in [0.1, 0.15) is 42.5 Å². The van der Waals surface area contributed by atoms with Crippen molar-refractivity contribution in [2.75, 3.05) is 5.32 Å². The fourth-order valence-corrected chi connectivity index (χ4v) is 4.07. The van der Waals surface area contributed by atoms with Crippen LogP contribution in [-0.2, 0) is 11.2 Å². The average molecular weight is 360 g/mol. The Bertz CT molecular complexity index is 775. The van der Waals surface area contributed by atoms with Gasteiger partial charge in [0.1, 0.15) is 5.41 Å². The van der Waals surface area contributed by atoms with Gasteiger partial charge >= 0.3 is 0 Å². The van der Waals surface area contributed by atoms with E-state index < -0.39 is 5.41 Å². The lowest BCUT2D eigenvalue weighted by molar-refractivity contribution is -0.124. The van der Waals surface area contributed by atoms with Crippen LogP contribution in [-0.4, -0.2) is 10.9 Å². The van der Waals surface area contributed by atoms with E-state index in [2.05, 4.69) is 16.4 Å². The summed E-state index contributed by atoms with van der Waals surface area (Å²) in [4.78, 5) is 17.9. The molecule has 1 saturated carbocycles. The Kier molecular flexibility index (Phi) is 5.17. The molecule has 1 heterocycles. The Morgan fingerprint density at radius 2 is 2.08 bits per heavy atom. The Morgan fingerprint density at radius 3 is 2.79 bits per heavy atom. The molecule has 6 heteroatoms. The van der Waals surface area contributed by atoms with Crippen molar-refractivity contribution in [2.24, 2.45) is 5.41 Å². The number of benzene rings is 1. The van der Waals surface area contributed by atoms with E-state index in [0.717, 1.165) is 34.7 Å². The van der Waals surface area contributed by atoms with Crippen molar-refractivity contribution >= 4 is 34.0 Å². The number of hydrogen-bond acceptors (Lipinski definition) is 4. The Labute approximate surface area is 150 Å². The number of thiazole rings is 1. The van der Waals surface area contributed by atoms with Crippen molar-refractivity contribution in [3.8, 4) is 6.07 Å². The molecule has 1 fully saturated rings. The molecule has 1 aliphatic carbocycles. The maximum absolute atomic E-state index is 12.6. The predicted molar refractivity (Wildman–Crippen MR) is 96.1 cm³/mol. The van der Waals surface area contributed by atoms with Gasteiger partial charge in [-0.2, -0.15) is 5.26 Å². The third-order valence-electron chi connectivity index (χ3n) is 4.45. The fraction of sp³-hybridized carbons (Fsp3) is 0.389. The van der Waals surface area contributed by atoms with Gasteiger partial charge in [-0.3, -0.25) is 4.79 Å². The second-order valence-corrected chi connectivity index (χ2v) is 7.63. The second kappa shape index (κ2) is 7.33. The lowest BCUT2D eigenvalue weighted by Crippen LogP contribution is -2.36. The number of rotatable bonds is 4. The standard InChI is InChI=1S/C18H18ClN3OS/c19-15-7-3-2-6-13(15)10-14-11-21-17(24-14)22-16(23)18(12-20)8-4-1-5-9-18/h2-3,6-7,11H,1,4-5,8-10H2,(H,21,22,23). The van der Waals surface area contributed by atoms with Gasteiger partial charge in [0.05, 0.1) is 6.07 Å². The van der Waals surface area contributed by atoms with Crippen LogP contribution in [0.4, 0.5) is 5.13 Å². The molecule has 1 aliphatic rings. The van der Waals surface area contributed by atoms with E-state index in [-0.39, 0.29) is 5.91 Å². The highest BCUT2D eigenvalue weighted by molar-refractivity contribution is 7.15. The predicted octanol–water partition coefficient (Wildman–Crippen LogP) is 4.80. The van der Waals surface area contributed by atoms with Crippen molar-refractivity contribution < 1.29 is 4.79 Å². The summed E-state index contributed by atoms with van der Waals surface area (Å²) >= 11 is 7.61. The number of nitriles is 1. The molecule has 0 atom stereocenters. The molecule has 3 rings (SSSR count). The second-order valence-electron chi connectivity index (χ2n) is 6.11. The van der Waals surface area contributed by atoms with Crippen molar-refractivity contribution in [3.63, 3.8) is 0 Å². The molecule has 0 aliphatic heterocycles. The first kappa shape index (κ1) is 16.9. The van der Waals surface area contributed by atoms with Crippen LogP contribution >= 0.6 is 22.9 Å². The minimum Gasteiger partial charge on any atom is -0.301 e. The molecule has 1 N–H and O–H groups in total. The molecular weight excluding hydrogens is 342 g/mol. The fourth-order valence-electron chi connectivity index (χ4n) is 3.04. The van der Waals surface area contributed by atoms with Crippen LogP contribution in [0.25, 0.3) is 0 Å². The quantitative estimate of drug-likeness (QED) is 0.852. The zero-order valence-electron chi connectivity index (χ0n) is 13.2. The Hall–Kier alpha value is -1.90.